The average Bonchev–Trinajstić information content (AvgIpc) is 3.21. The number of benzene rings is 1. The van der Waals surface area contributed by atoms with Crippen molar-refractivity contribution in [2.75, 3.05) is 13.1 Å². The van der Waals surface area contributed by atoms with E-state index in [0.717, 1.165) is 44.3 Å². The van der Waals surface area contributed by atoms with Gasteiger partial charge in [-0.3, -0.25) is 9.59 Å². The Hall–Kier alpha value is -2.74. The van der Waals surface area contributed by atoms with Crippen molar-refractivity contribution in [3.05, 3.63) is 41.4 Å². The highest BCUT2D eigenvalue weighted by Crippen LogP contribution is 2.23. The van der Waals surface area contributed by atoms with Gasteiger partial charge in [0.05, 0.1) is 0 Å². The van der Waals surface area contributed by atoms with E-state index < -0.39 is 17.9 Å². The number of aliphatic carboxylic acids is 1. The van der Waals surface area contributed by atoms with Gasteiger partial charge in [0.1, 0.15) is 16.7 Å². The van der Waals surface area contributed by atoms with Crippen molar-refractivity contribution in [3.8, 4) is 10.6 Å². The molecule has 7 nitrogen and oxygen atoms in total. The van der Waals surface area contributed by atoms with Gasteiger partial charge >= 0.3 is 5.97 Å². The second-order valence-electron chi connectivity index (χ2n) is 7.46. The SMILES string of the molecule is O=C(N[C@H](CCC(=O)N1CCCCCCC1)C(=O)O)c1csc(-c2ccccc2)n1. The third kappa shape index (κ3) is 6.13. The van der Waals surface area contributed by atoms with Gasteiger partial charge in [-0.05, 0) is 19.3 Å². The van der Waals surface area contributed by atoms with Crippen molar-refractivity contribution < 1.29 is 19.5 Å². The standard InChI is InChI=1S/C22H27N3O4S/c26-19(25-13-7-2-1-3-8-14-25)12-11-17(22(28)29)23-20(27)18-15-30-21(24-18)16-9-5-4-6-10-16/h4-6,9-10,15,17H,1-3,7-8,11-14H2,(H,23,27)(H,28,29)/t17-/m1/s1. The van der Waals surface area contributed by atoms with Crippen LogP contribution in [-0.2, 0) is 9.59 Å². The van der Waals surface area contributed by atoms with Gasteiger partial charge in [0, 0.05) is 30.5 Å². The van der Waals surface area contributed by atoms with Crippen molar-refractivity contribution in [1.29, 1.82) is 0 Å². The lowest BCUT2D eigenvalue weighted by atomic mass is 10.1. The molecule has 3 rings (SSSR count). The molecule has 0 bridgehead atoms. The van der Waals surface area contributed by atoms with Gasteiger partial charge in [-0.1, -0.05) is 49.6 Å². The lowest BCUT2D eigenvalue weighted by Gasteiger charge is -2.25. The molecule has 30 heavy (non-hydrogen) atoms. The van der Waals surface area contributed by atoms with Crippen LogP contribution in [-0.4, -0.2) is 51.9 Å². The number of nitrogens with zero attached hydrogens (tertiary/aromatic N) is 2. The van der Waals surface area contributed by atoms with Crippen LogP contribution in [0.25, 0.3) is 10.6 Å². The maximum atomic E-state index is 12.5. The summed E-state index contributed by atoms with van der Waals surface area (Å²) in [6.45, 7) is 1.45. The monoisotopic (exact) mass is 429 g/mol. The zero-order chi connectivity index (χ0) is 21.3. The van der Waals surface area contributed by atoms with Gasteiger partial charge in [-0.25, -0.2) is 9.78 Å². The Morgan fingerprint density at radius 2 is 1.73 bits per heavy atom. The molecule has 2 aromatic rings. The van der Waals surface area contributed by atoms with Crippen LogP contribution in [0.1, 0.15) is 55.4 Å². The van der Waals surface area contributed by atoms with Crippen LogP contribution in [0.4, 0.5) is 0 Å². The molecule has 160 valence electrons. The Morgan fingerprint density at radius 1 is 1.07 bits per heavy atom. The number of hydrogen-bond acceptors (Lipinski definition) is 5. The van der Waals surface area contributed by atoms with Gasteiger partial charge in [-0.2, -0.15) is 0 Å². The number of rotatable bonds is 7. The van der Waals surface area contributed by atoms with Crippen molar-refractivity contribution in [3.63, 3.8) is 0 Å². The van der Waals surface area contributed by atoms with Crippen LogP contribution < -0.4 is 5.32 Å². The molecule has 1 fully saturated rings. The fourth-order valence-corrected chi connectivity index (χ4v) is 4.31. The fraction of sp³-hybridized carbons (Fsp3) is 0.455. The number of nitrogens with one attached hydrogen (secondary N) is 1. The zero-order valence-corrected chi connectivity index (χ0v) is 17.7. The Bertz CT molecular complexity index is 860. The summed E-state index contributed by atoms with van der Waals surface area (Å²) in [4.78, 5) is 42.8. The smallest absolute Gasteiger partial charge is 0.326 e. The van der Waals surface area contributed by atoms with Crippen molar-refractivity contribution in [2.24, 2.45) is 0 Å². The van der Waals surface area contributed by atoms with Crippen LogP contribution in [0.5, 0.6) is 0 Å². The molecule has 0 unspecified atom stereocenters. The molecule has 1 aromatic carbocycles. The largest absolute Gasteiger partial charge is 0.480 e. The zero-order valence-electron chi connectivity index (χ0n) is 16.9. The number of likely N-dealkylation sites (tertiary alicyclic amines) is 1. The van der Waals surface area contributed by atoms with Gasteiger partial charge in [-0.15, -0.1) is 11.3 Å². The second-order valence-corrected chi connectivity index (χ2v) is 8.31. The molecule has 0 spiro atoms. The molecule has 1 atom stereocenters. The van der Waals surface area contributed by atoms with Gasteiger partial charge < -0.3 is 15.3 Å². The predicted octanol–water partition coefficient (Wildman–Crippen LogP) is 3.57. The molecule has 2 heterocycles. The Morgan fingerprint density at radius 3 is 2.40 bits per heavy atom. The third-order valence-electron chi connectivity index (χ3n) is 5.22. The quantitative estimate of drug-likeness (QED) is 0.701. The third-order valence-corrected chi connectivity index (χ3v) is 6.11. The lowest BCUT2D eigenvalue weighted by Crippen LogP contribution is -2.42. The first kappa shape index (κ1) is 22.0. The summed E-state index contributed by atoms with van der Waals surface area (Å²) in [6.07, 6.45) is 5.58. The van der Waals surface area contributed by atoms with E-state index in [-0.39, 0.29) is 24.4 Å². The first-order chi connectivity index (χ1) is 14.5. The maximum absolute atomic E-state index is 12.5. The summed E-state index contributed by atoms with van der Waals surface area (Å²) in [5.41, 5.74) is 1.08. The number of carboxylic acids is 1. The van der Waals surface area contributed by atoms with Crippen molar-refractivity contribution >= 4 is 29.1 Å². The van der Waals surface area contributed by atoms with E-state index in [2.05, 4.69) is 10.3 Å². The van der Waals surface area contributed by atoms with E-state index in [9.17, 15) is 19.5 Å². The summed E-state index contributed by atoms with van der Waals surface area (Å²) in [5, 5.41) is 14.3. The number of hydrogen-bond donors (Lipinski definition) is 2. The number of amides is 2. The fourth-order valence-electron chi connectivity index (χ4n) is 3.50. The molecule has 8 heteroatoms. The molecule has 0 saturated carbocycles. The normalized spacial score (nSPS) is 15.7. The molecule has 0 aliphatic carbocycles. The molecule has 1 aromatic heterocycles. The minimum atomic E-state index is -1.15. The van der Waals surface area contributed by atoms with E-state index in [1.54, 1.807) is 5.38 Å². The second kappa shape index (κ2) is 10.9. The van der Waals surface area contributed by atoms with E-state index in [1.165, 1.54) is 17.8 Å². The highest BCUT2D eigenvalue weighted by atomic mass is 32.1. The molecular formula is C22H27N3O4S. The van der Waals surface area contributed by atoms with E-state index in [0.29, 0.717) is 5.01 Å². The van der Waals surface area contributed by atoms with Crippen LogP contribution in [0, 0.1) is 0 Å². The summed E-state index contributed by atoms with van der Waals surface area (Å²) in [5.74, 6) is -1.74. The van der Waals surface area contributed by atoms with Crippen LogP contribution in [0.15, 0.2) is 35.7 Å². The van der Waals surface area contributed by atoms with Gasteiger partial charge in [0.2, 0.25) is 5.91 Å². The van der Waals surface area contributed by atoms with E-state index in [4.69, 9.17) is 0 Å². The highest BCUT2D eigenvalue weighted by molar-refractivity contribution is 7.13. The lowest BCUT2D eigenvalue weighted by molar-refractivity contribution is -0.139. The van der Waals surface area contributed by atoms with E-state index >= 15 is 0 Å². The average molecular weight is 430 g/mol. The first-order valence-electron chi connectivity index (χ1n) is 10.4. The maximum Gasteiger partial charge on any atom is 0.326 e. The minimum Gasteiger partial charge on any atom is -0.480 e. The van der Waals surface area contributed by atoms with Crippen LogP contribution in [0.2, 0.25) is 0 Å². The summed E-state index contributed by atoms with van der Waals surface area (Å²) >= 11 is 1.33. The Balaban J connectivity index is 1.56. The minimum absolute atomic E-state index is 0.0441. The van der Waals surface area contributed by atoms with Crippen molar-refractivity contribution in [1.82, 2.24) is 15.2 Å². The Labute approximate surface area is 180 Å². The van der Waals surface area contributed by atoms with E-state index in [1.807, 2.05) is 35.2 Å². The number of carbonyl (C=O) groups excluding carboxylic acids is 2. The topological polar surface area (TPSA) is 99.6 Å². The number of thiazole rings is 1. The summed E-state index contributed by atoms with van der Waals surface area (Å²) in [7, 11) is 0. The molecular weight excluding hydrogens is 402 g/mol. The molecule has 2 amide bonds. The molecule has 1 saturated heterocycles. The van der Waals surface area contributed by atoms with Gasteiger partial charge in [0.15, 0.2) is 0 Å². The Kier molecular flexibility index (Phi) is 7.96. The summed E-state index contributed by atoms with van der Waals surface area (Å²) < 4.78 is 0. The molecule has 0 radical (unpaired) electrons. The number of carboxylic acid groups (broad SMARTS) is 1. The first-order valence-corrected chi connectivity index (χ1v) is 11.2. The molecule has 2 N–H and O–H groups in total. The molecule has 1 aliphatic heterocycles. The highest BCUT2D eigenvalue weighted by Gasteiger charge is 2.24. The van der Waals surface area contributed by atoms with Crippen molar-refractivity contribution in [2.45, 2.75) is 51.0 Å². The number of aromatic nitrogens is 1. The number of carbonyl (C=O) groups is 3. The van der Waals surface area contributed by atoms with Crippen LogP contribution >= 0.6 is 11.3 Å². The van der Waals surface area contributed by atoms with Gasteiger partial charge in [0.25, 0.3) is 5.91 Å². The van der Waals surface area contributed by atoms with Crippen LogP contribution in [0.3, 0.4) is 0 Å². The summed E-state index contributed by atoms with van der Waals surface area (Å²) in [6, 6.07) is 8.35. The molecule has 1 aliphatic rings. The predicted molar refractivity (Wildman–Crippen MR) is 115 cm³/mol.